The van der Waals surface area contributed by atoms with E-state index in [0.717, 1.165) is 33.7 Å². The number of nitrogens with zero attached hydrogens (tertiary/aromatic N) is 7. The zero-order valence-corrected chi connectivity index (χ0v) is 24.2. The van der Waals surface area contributed by atoms with Gasteiger partial charge in [-0.25, -0.2) is 19.2 Å². The molecule has 1 atom stereocenters. The van der Waals surface area contributed by atoms with Gasteiger partial charge >= 0.3 is 6.09 Å². The highest BCUT2D eigenvalue weighted by Gasteiger charge is 2.34. The van der Waals surface area contributed by atoms with E-state index in [9.17, 15) is 14.3 Å². The lowest BCUT2D eigenvalue weighted by Crippen LogP contribution is -2.57. The molecule has 4 aromatic rings. The monoisotopic (exact) mass is 567 g/mol. The number of halogens is 1. The average molecular weight is 568 g/mol. The number of benzene rings is 1. The van der Waals surface area contributed by atoms with E-state index in [2.05, 4.69) is 4.90 Å². The van der Waals surface area contributed by atoms with E-state index in [1.165, 1.54) is 23.5 Å². The van der Waals surface area contributed by atoms with Crippen LogP contribution in [0.5, 0.6) is 0 Å². The highest BCUT2D eigenvalue weighted by Crippen LogP contribution is 2.34. The molecule has 40 heavy (non-hydrogen) atoms. The van der Waals surface area contributed by atoms with Crippen molar-refractivity contribution in [2.75, 3.05) is 43.1 Å². The Morgan fingerprint density at radius 3 is 2.60 bits per heavy atom. The van der Waals surface area contributed by atoms with Crippen molar-refractivity contribution in [2.24, 2.45) is 0 Å². The number of carbonyl (C=O) groups excluding carboxylic acids is 1. The number of aryl methyl sites for hydroxylation is 1. The molecule has 3 aromatic heterocycles. The smallest absolute Gasteiger partial charge is 0.410 e. The molecular formula is C28H34FN7O3S. The fourth-order valence-electron chi connectivity index (χ4n) is 4.74. The van der Waals surface area contributed by atoms with E-state index in [4.69, 9.17) is 19.8 Å². The Balaban J connectivity index is 1.42. The molecule has 0 radical (unpaired) electrons. The van der Waals surface area contributed by atoms with Crippen LogP contribution in [0.15, 0.2) is 41.8 Å². The van der Waals surface area contributed by atoms with Crippen molar-refractivity contribution in [2.45, 2.75) is 45.8 Å². The molecule has 0 unspecified atom stereocenters. The highest BCUT2D eigenvalue weighted by molar-refractivity contribution is 7.14. The number of aromatic nitrogens is 4. The van der Waals surface area contributed by atoms with Gasteiger partial charge in [0.05, 0.1) is 24.0 Å². The Labute approximate surface area is 236 Å². The standard InChI is InChI=1S/C28H34FN7O3S/c1-6-21-25(33(5)26-31-22(17-40-26)18-7-9-19(29)10-8-18)36-23(30-21)11-12-24(32-36)34-13-14-35(20(15-34)16-37)27(38)39-28(2,3)4/h7-12,17,20,37H,6,13-16H2,1-5H3/t20-/m0/s1. The molecule has 0 saturated carbocycles. The molecule has 4 heterocycles. The number of anilines is 3. The number of aliphatic hydroxyl groups is 1. The number of amides is 1. The van der Waals surface area contributed by atoms with Gasteiger partial charge in [-0.05, 0) is 63.6 Å². The summed E-state index contributed by atoms with van der Waals surface area (Å²) in [6.45, 7) is 8.72. The third-order valence-corrected chi connectivity index (χ3v) is 7.64. The van der Waals surface area contributed by atoms with Gasteiger partial charge in [0.25, 0.3) is 0 Å². The van der Waals surface area contributed by atoms with Gasteiger partial charge in [0.15, 0.2) is 16.6 Å². The van der Waals surface area contributed by atoms with Crippen molar-refractivity contribution in [3.05, 3.63) is 53.3 Å². The van der Waals surface area contributed by atoms with Gasteiger partial charge in [-0.2, -0.15) is 4.52 Å². The molecule has 0 bridgehead atoms. The fraction of sp³-hybridized carbons (Fsp3) is 0.429. The van der Waals surface area contributed by atoms with Gasteiger partial charge in [-0.15, -0.1) is 16.4 Å². The molecule has 212 valence electrons. The minimum atomic E-state index is -0.612. The SMILES string of the molecule is CCc1nc2ccc(N3CCN(C(=O)OC(C)(C)C)[C@H](CO)C3)nn2c1N(C)c1nc(-c2ccc(F)cc2)cs1. The number of piperazine rings is 1. The number of fused-ring (bicyclic) bond motifs is 1. The minimum absolute atomic E-state index is 0.183. The first-order valence-electron chi connectivity index (χ1n) is 13.3. The van der Waals surface area contributed by atoms with Gasteiger partial charge < -0.3 is 19.6 Å². The van der Waals surface area contributed by atoms with Crippen LogP contribution >= 0.6 is 11.3 Å². The summed E-state index contributed by atoms with van der Waals surface area (Å²) in [5, 5.41) is 17.7. The van der Waals surface area contributed by atoms with Crippen LogP contribution in [0.4, 0.5) is 26.0 Å². The maximum absolute atomic E-state index is 13.4. The first-order chi connectivity index (χ1) is 19.1. The second-order valence-corrected chi connectivity index (χ2v) is 11.6. The lowest BCUT2D eigenvalue weighted by atomic mass is 10.1. The fourth-order valence-corrected chi connectivity index (χ4v) is 5.54. The molecule has 1 aromatic carbocycles. The Morgan fingerprint density at radius 2 is 1.93 bits per heavy atom. The summed E-state index contributed by atoms with van der Waals surface area (Å²) in [6, 6.07) is 9.72. The largest absolute Gasteiger partial charge is 0.444 e. The van der Waals surface area contributed by atoms with Gasteiger partial charge in [-0.1, -0.05) is 6.92 Å². The topological polar surface area (TPSA) is 99.3 Å². The third kappa shape index (κ3) is 5.59. The quantitative estimate of drug-likeness (QED) is 0.357. The van der Waals surface area contributed by atoms with Crippen LogP contribution in [-0.4, -0.2) is 80.6 Å². The predicted octanol–water partition coefficient (Wildman–Crippen LogP) is 4.74. The minimum Gasteiger partial charge on any atom is -0.444 e. The number of imidazole rings is 1. The summed E-state index contributed by atoms with van der Waals surface area (Å²) in [7, 11) is 1.94. The van der Waals surface area contributed by atoms with Gasteiger partial charge in [0.2, 0.25) is 0 Å². The number of rotatable bonds is 6. The van der Waals surface area contributed by atoms with Crippen LogP contribution in [0.25, 0.3) is 16.9 Å². The van der Waals surface area contributed by atoms with Crippen molar-refractivity contribution >= 4 is 39.8 Å². The van der Waals surface area contributed by atoms with Crippen molar-refractivity contribution in [1.82, 2.24) is 24.5 Å². The highest BCUT2D eigenvalue weighted by atomic mass is 32.1. The molecule has 0 spiro atoms. The summed E-state index contributed by atoms with van der Waals surface area (Å²) in [4.78, 5) is 27.9. The Bertz CT molecular complexity index is 1500. The number of hydrogen-bond acceptors (Lipinski definition) is 9. The lowest BCUT2D eigenvalue weighted by molar-refractivity contribution is 0.00698. The number of thiazole rings is 1. The second-order valence-electron chi connectivity index (χ2n) is 10.7. The van der Waals surface area contributed by atoms with Crippen LogP contribution in [0.3, 0.4) is 0 Å². The molecule has 12 heteroatoms. The maximum Gasteiger partial charge on any atom is 0.410 e. The van der Waals surface area contributed by atoms with Crippen molar-refractivity contribution in [3.63, 3.8) is 0 Å². The van der Waals surface area contributed by atoms with Gasteiger partial charge in [0, 0.05) is 37.6 Å². The second kappa shape index (κ2) is 11.0. The molecule has 1 N–H and O–H groups in total. The van der Waals surface area contributed by atoms with Crippen LogP contribution in [-0.2, 0) is 11.2 Å². The molecule has 1 saturated heterocycles. The normalized spacial score (nSPS) is 16.0. The third-order valence-electron chi connectivity index (χ3n) is 6.73. The molecule has 5 rings (SSSR count). The van der Waals surface area contributed by atoms with E-state index in [1.807, 2.05) is 61.7 Å². The number of hydrogen-bond donors (Lipinski definition) is 1. The molecule has 1 amide bonds. The van der Waals surface area contributed by atoms with Crippen molar-refractivity contribution in [1.29, 1.82) is 0 Å². The molecule has 1 aliphatic rings. The summed E-state index contributed by atoms with van der Waals surface area (Å²) in [6.07, 6.45) is 0.277. The zero-order valence-electron chi connectivity index (χ0n) is 23.3. The Hall–Kier alpha value is -3.77. The van der Waals surface area contributed by atoms with E-state index >= 15 is 0 Å². The molecule has 1 fully saturated rings. The van der Waals surface area contributed by atoms with Crippen LogP contribution < -0.4 is 9.80 Å². The summed E-state index contributed by atoms with van der Waals surface area (Å²) in [5.74, 6) is 1.24. The summed E-state index contributed by atoms with van der Waals surface area (Å²) in [5.41, 5.74) is 2.59. The van der Waals surface area contributed by atoms with Crippen LogP contribution in [0.1, 0.15) is 33.4 Å². The summed E-state index contributed by atoms with van der Waals surface area (Å²) < 4.78 is 20.8. The average Bonchev–Trinajstić information content (AvgIpc) is 3.56. The number of ether oxygens (including phenoxy) is 1. The van der Waals surface area contributed by atoms with E-state index in [1.54, 1.807) is 17.0 Å². The molecular weight excluding hydrogens is 533 g/mol. The summed E-state index contributed by atoms with van der Waals surface area (Å²) >= 11 is 1.49. The molecule has 10 nitrogen and oxygen atoms in total. The van der Waals surface area contributed by atoms with Crippen LogP contribution in [0, 0.1) is 5.82 Å². The number of carbonyl (C=O) groups is 1. The van der Waals surface area contributed by atoms with Crippen molar-refractivity contribution in [3.8, 4) is 11.3 Å². The zero-order chi connectivity index (χ0) is 28.6. The first-order valence-corrected chi connectivity index (χ1v) is 14.1. The number of aliphatic hydroxyl groups excluding tert-OH is 1. The van der Waals surface area contributed by atoms with Gasteiger partial charge in [-0.3, -0.25) is 4.90 Å². The molecule has 0 aliphatic carbocycles. The Kier molecular flexibility index (Phi) is 7.65. The maximum atomic E-state index is 13.4. The first kappa shape index (κ1) is 27.8. The van der Waals surface area contributed by atoms with Gasteiger partial charge in [0.1, 0.15) is 17.2 Å². The lowest BCUT2D eigenvalue weighted by Gasteiger charge is -2.41. The van der Waals surface area contributed by atoms with Crippen molar-refractivity contribution < 1.29 is 19.0 Å². The molecule has 1 aliphatic heterocycles. The van der Waals surface area contributed by atoms with E-state index in [0.29, 0.717) is 31.7 Å². The predicted molar refractivity (Wildman–Crippen MR) is 154 cm³/mol. The van der Waals surface area contributed by atoms with E-state index < -0.39 is 17.7 Å². The van der Waals surface area contributed by atoms with E-state index in [-0.39, 0.29) is 12.4 Å². The Morgan fingerprint density at radius 1 is 1.18 bits per heavy atom. The van der Waals surface area contributed by atoms with Crippen LogP contribution in [0.2, 0.25) is 0 Å².